The highest BCUT2D eigenvalue weighted by atomic mass is 79.9. The van der Waals surface area contributed by atoms with Gasteiger partial charge in [-0.1, -0.05) is 28.1 Å². The van der Waals surface area contributed by atoms with E-state index in [-0.39, 0.29) is 12.6 Å². The van der Waals surface area contributed by atoms with Crippen LogP contribution >= 0.6 is 27.3 Å². The number of nitrogens with one attached hydrogen (secondary N) is 1. The number of anilines is 1. The van der Waals surface area contributed by atoms with Gasteiger partial charge in [-0.3, -0.25) is 0 Å². The minimum absolute atomic E-state index is 0.0268. The van der Waals surface area contributed by atoms with Crippen molar-refractivity contribution in [3.63, 3.8) is 0 Å². The van der Waals surface area contributed by atoms with Gasteiger partial charge in [0.1, 0.15) is 0 Å². The first-order valence-corrected chi connectivity index (χ1v) is 6.95. The highest BCUT2D eigenvalue weighted by Gasteiger charge is 2.06. The first kappa shape index (κ1) is 12.5. The fourth-order valence-corrected chi connectivity index (χ4v) is 2.45. The number of benzene rings is 1. The smallest absolute Gasteiger partial charge is 0.183 e. The second kappa shape index (κ2) is 5.62. The molecule has 0 aliphatic rings. The average molecular weight is 313 g/mol. The Labute approximate surface area is 113 Å². The summed E-state index contributed by atoms with van der Waals surface area (Å²) >= 11 is 4.95. The van der Waals surface area contributed by atoms with E-state index in [0.717, 1.165) is 20.9 Å². The molecule has 0 unspecified atom stereocenters. The molecule has 2 N–H and O–H groups in total. The number of aliphatic hydroxyl groups excluding tert-OH is 1. The first-order chi connectivity index (χ1) is 8.19. The molecule has 0 radical (unpaired) electrons. The molecule has 0 saturated heterocycles. The largest absolute Gasteiger partial charge is 0.394 e. The van der Waals surface area contributed by atoms with E-state index in [1.165, 1.54) is 0 Å². The van der Waals surface area contributed by atoms with Gasteiger partial charge in [-0.2, -0.15) is 0 Å². The van der Waals surface area contributed by atoms with E-state index in [1.54, 1.807) is 11.3 Å². The van der Waals surface area contributed by atoms with Gasteiger partial charge in [0.15, 0.2) is 5.13 Å². The van der Waals surface area contributed by atoms with Crippen LogP contribution in [0.2, 0.25) is 0 Å². The molecule has 0 bridgehead atoms. The zero-order valence-corrected chi connectivity index (χ0v) is 11.8. The van der Waals surface area contributed by atoms with Crippen molar-refractivity contribution in [3.8, 4) is 11.3 Å². The third kappa shape index (κ3) is 3.28. The van der Waals surface area contributed by atoms with Crippen LogP contribution < -0.4 is 5.32 Å². The molecule has 0 amide bonds. The third-order valence-electron chi connectivity index (χ3n) is 2.29. The van der Waals surface area contributed by atoms with Crippen LogP contribution in [0, 0.1) is 0 Å². The summed E-state index contributed by atoms with van der Waals surface area (Å²) in [6, 6.07) is 8.08. The molecule has 3 nitrogen and oxygen atoms in total. The van der Waals surface area contributed by atoms with Crippen molar-refractivity contribution >= 4 is 32.4 Å². The lowest BCUT2D eigenvalue weighted by Crippen LogP contribution is -2.18. The van der Waals surface area contributed by atoms with Gasteiger partial charge in [0.2, 0.25) is 0 Å². The molecule has 0 fully saturated rings. The van der Waals surface area contributed by atoms with Crippen molar-refractivity contribution in [1.82, 2.24) is 4.98 Å². The topological polar surface area (TPSA) is 45.1 Å². The first-order valence-electron chi connectivity index (χ1n) is 5.28. The Morgan fingerprint density at radius 3 is 2.76 bits per heavy atom. The second-order valence-corrected chi connectivity index (χ2v) is 5.55. The zero-order chi connectivity index (χ0) is 12.3. The fourth-order valence-electron chi connectivity index (χ4n) is 1.35. The summed E-state index contributed by atoms with van der Waals surface area (Å²) in [5, 5.41) is 14.9. The van der Waals surface area contributed by atoms with E-state index < -0.39 is 0 Å². The summed E-state index contributed by atoms with van der Waals surface area (Å²) in [6.07, 6.45) is 0. The number of hydrogen-bond acceptors (Lipinski definition) is 4. The molecule has 2 aromatic rings. The molecular weight excluding hydrogens is 300 g/mol. The molecule has 2 rings (SSSR count). The molecule has 5 heteroatoms. The van der Waals surface area contributed by atoms with Crippen molar-refractivity contribution < 1.29 is 5.11 Å². The Kier molecular flexibility index (Phi) is 4.15. The highest BCUT2D eigenvalue weighted by molar-refractivity contribution is 9.10. The van der Waals surface area contributed by atoms with Crippen molar-refractivity contribution in [1.29, 1.82) is 0 Å². The maximum Gasteiger partial charge on any atom is 0.183 e. The number of thiazole rings is 1. The molecule has 1 atom stereocenters. The normalized spacial score (nSPS) is 12.4. The number of hydrogen-bond donors (Lipinski definition) is 2. The van der Waals surface area contributed by atoms with Crippen LogP contribution in [0.25, 0.3) is 11.3 Å². The molecule has 0 spiro atoms. The summed E-state index contributed by atoms with van der Waals surface area (Å²) in [5.41, 5.74) is 2.05. The van der Waals surface area contributed by atoms with Gasteiger partial charge < -0.3 is 10.4 Å². The van der Waals surface area contributed by atoms with Crippen LogP contribution in [0.4, 0.5) is 5.13 Å². The Morgan fingerprint density at radius 1 is 1.41 bits per heavy atom. The van der Waals surface area contributed by atoms with Crippen LogP contribution in [-0.4, -0.2) is 22.7 Å². The minimum atomic E-state index is 0.0268. The van der Waals surface area contributed by atoms with Gasteiger partial charge in [0.05, 0.1) is 12.3 Å². The highest BCUT2D eigenvalue weighted by Crippen LogP contribution is 2.26. The predicted molar refractivity (Wildman–Crippen MR) is 75.4 cm³/mol. The molecule has 1 heterocycles. The van der Waals surface area contributed by atoms with E-state index in [1.807, 2.05) is 36.6 Å². The standard InChI is InChI=1S/C12H13BrN2OS/c1-8(6-16)14-12-15-11(7-17-12)9-2-4-10(13)5-3-9/h2-5,7-8,16H,6H2,1H3,(H,14,15)/t8-/m1/s1. The lowest BCUT2D eigenvalue weighted by molar-refractivity contribution is 0.281. The van der Waals surface area contributed by atoms with Crippen molar-refractivity contribution in [2.24, 2.45) is 0 Å². The monoisotopic (exact) mass is 312 g/mol. The summed E-state index contributed by atoms with van der Waals surface area (Å²) in [6.45, 7) is 2.02. The van der Waals surface area contributed by atoms with Crippen LogP contribution in [0.1, 0.15) is 6.92 Å². The second-order valence-electron chi connectivity index (χ2n) is 3.77. The van der Waals surface area contributed by atoms with Gasteiger partial charge in [-0.05, 0) is 19.1 Å². The molecule has 1 aromatic heterocycles. The fraction of sp³-hybridized carbons (Fsp3) is 0.250. The molecule has 0 aliphatic carbocycles. The zero-order valence-electron chi connectivity index (χ0n) is 9.35. The van der Waals surface area contributed by atoms with Crippen molar-refractivity contribution in [3.05, 3.63) is 34.1 Å². The van der Waals surface area contributed by atoms with E-state index in [4.69, 9.17) is 5.11 Å². The summed E-state index contributed by atoms with van der Waals surface area (Å²) < 4.78 is 1.06. The summed E-state index contributed by atoms with van der Waals surface area (Å²) in [5.74, 6) is 0. The van der Waals surface area contributed by atoms with Gasteiger partial charge in [-0.15, -0.1) is 11.3 Å². The van der Waals surface area contributed by atoms with Gasteiger partial charge in [-0.25, -0.2) is 4.98 Å². The van der Waals surface area contributed by atoms with Gasteiger partial charge in [0, 0.05) is 21.5 Å². The Balaban J connectivity index is 2.15. The van der Waals surface area contributed by atoms with E-state index >= 15 is 0 Å². The molecule has 90 valence electrons. The lowest BCUT2D eigenvalue weighted by atomic mass is 10.2. The van der Waals surface area contributed by atoms with Crippen LogP contribution in [-0.2, 0) is 0 Å². The predicted octanol–water partition coefficient (Wildman–Crippen LogP) is 3.37. The number of rotatable bonds is 4. The Bertz CT molecular complexity index is 484. The molecule has 0 saturated carbocycles. The van der Waals surface area contributed by atoms with E-state index in [2.05, 4.69) is 26.2 Å². The number of aliphatic hydroxyl groups is 1. The Hall–Kier alpha value is -0.910. The summed E-state index contributed by atoms with van der Waals surface area (Å²) in [4.78, 5) is 4.48. The van der Waals surface area contributed by atoms with Crippen LogP contribution in [0.15, 0.2) is 34.1 Å². The average Bonchev–Trinajstić information content (AvgIpc) is 2.78. The minimum Gasteiger partial charge on any atom is -0.394 e. The molecule has 1 aromatic carbocycles. The third-order valence-corrected chi connectivity index (χ3v) is 3.59. The number of aromatic nitrogens is 1. The van der Waals surface area contributed by atoms with Crippen LogP contribution in [0.3, 0.4) is 0 Å². The van der Waals surface area contributed by atoms with Crippen molar-refractivity contribution in [2.75, 3.05) is 11.9 Å². The molecular formula is C12H13BrN2OS. The lowest BCUT2D eigenvalue weighted by Gasteiger charge is -2.07. The van der Waals surface area contributed by atoms with Gasteiger partial charge in [0.25, 0.3) is 0 Å². The van der Waals surface area contributed by atoms with E-state index in [0.29, 0.717) is 0 Å². The summed E-state index contributed by atoms with van der Waals surface area (Å²) in [7, 11) is 0. The Morgan fingerprint density at radius 2 is 2.12 bits per heavy atom. The van der Waals surface area contributed by atoms with Gasteiger partial charge >= 0.3 is 0 Å². The maximum atomic E-state index is 8.96. The van der Waals surface area contributed by atoms with E-state index in [9.17, 15) is 0 Å². The number of halogens is 1. The quantitative estimate of drug-likeness (QED) is 0.910. The molecule has 0 aliphatic heterocycles. The molecule has 17 heavy (non-hydrogen) atoms. The van der Waals surface area contributed by atoms with Crippen LogP contribution in [0.5, 0.6) is 0 Å². The SMILES string of the molecule is C[C@H](CO)Nc1nc(-c2ccc(Br)cc2)cs1. The number of nitrogens with zero attached hydrogens (tertiary/aromatic N) is 1. The maximum absolute atomic E-state index is 8.96. The van der Waals surface area contributed by atoms with Crippen molar-refractivity contribution in [2.45, 2.75) is 13.0 Å².